The molecule has 1 aliphatic heterocycles. The minimum Gasteiger partial charge on any atom is -0.378 e. The number of benzene rings is 1. The number of non-ortho nitro benzene ring substituents is 1. The number of amides is 1. The average molecular weight is 374 g/mol. The van der Waals surface area contributed by atoms with Gasteiger partial charge < -0.3 is 15.0 Å². The third-order valence-corrected chi connectivity index (χ3v) is 4.80. The third-order valence-electron chi connectivity index (χ3n) is 3.78. The van der Waals surface area contributed by atoms with E-state index in [0.29, 0.717) is 18.9 Å². The first kappa shape index (κ1) is 18.2. The number of nitrogens with one attached hydrogen (secondary N) is 1. The van der Waals surface area contributed by atoms with Crippen LogP contribution in [-0.2, 0) is 9.53 Å². The molecule has 0 spiro atoms. The lowest BCUT2D eigenvalue weighted by atomic mass is 10.3. The van der Waals surface area contributed by atoms with Crippen LogP contribution in [0.5, 0.6) is 0 Å². The highest BCUT2D eigenvalue weighted by Crippen LogP contribution is 2.22. The molecule has 1 amide bonds. The lowest BCUT2D eigenvalue weighted by Crippen LogP contribution is -2.36. The maximum absolute atomic E-state index is 12.1. The molecule has 0 radical (unpaired) electrons. The van der Waals surface area contributed by atoms with Crippen LogP contribution in [0.3, 0.4) is 0 Å². The average Bonchev–Trinajstić information content (AvgIpc) is 2.68. The topological polar surface area (TPSA) is 97.6 Å². The van der Waals surface area contributed by atoms with Gasteiger partial charge in [0.25, 0.3) is 5.69 Å². The van der Waals surface area contributed by atoms with Gasteiger partial charge in [-0.1, -0.05) is 0 Å². The molecule has 1 fully saturated rings. The number of pyridine rings is 1. The van der Waals surface area contributed by atoms with Crippen LogP contribution in [-0.4, -0.2) is 47.9 Å². The molecule has 1 saturated heterocycles. The maximum Gasteiger partial charge on any atom is 0.269 e. The Balaban J connectivity index is 1.49. The Kier molecular flexibility index (Phi) is 6.03. The van der Waals surface area contributed by atoms with Crippen molar-refractivity contribution in [1.82, 2.24) is 4.98 Å². The normalized spacial score (nSPS) is 14.1. The van der Waals surface area contributed by atoms with Gasteiger partial charge in [-0.2, -0.15) is 0 Å². The van der Waals surface area contributed by atoms with Crippen molar-refractivity contribution in [2.75, 3.05) is 42.3 Å². The van der Waals surface area contributed by atoms with Gasteiger partial charge in [-0.05, 0) is 24.3 Å². The van der Waals surface area contributed by atoms with E-state index < -0.39 is 4.92 Å². The predicted octanol–water partition coefficient (Wildman–Crippen LogP) is 2.56. The summed E-state index contributed by atoms with van der Waals surface area (Å²) in [6.07, 6.45) is 1.64. The number of nitro groups is 1. The van der Waals surface area contributed by atoms with E-state index in [4.69, 9.17) is 4.74 Å². The molecule has 26 heavy (non-hydrogen) atoms. The van der Waals surface area contributed by atoms with Crippen LogP contribution in [0.1, 0.15) is 0 Å². The molecular weight excluding hydrogens is 356 g/mol. The highest BCUT2D eigenvalue weighted by molar-refractivity contribution is 8.00. The highest BCUT2D eigenvalue weighted by atomic mass is 32.2. The number of nitro benzene ring substituents is 1. The number of morpholine rings is 1. The molecule has 9 heteroatoms. The van der Waals surface area contributed by atoms with Crippen molar-refractivity contribution in [3.05, 3.63) is 52.7 Å². The lowest BCUT2D eigenvalue weighted by molar-refractivity contribution is -0.384. The smallest absolute Gasteiger partial charge is 0.269 e. The zero-order valence-corrected chi connectivity index (χ0v) is 14.8. The lowest BCUT2D eigenvalue weighted by Gasteiger charge is -2.27. The van der Waals surface area contributed by atoms with Crippen molar-refractivity contribution in [3.63, 3.8) is 0 Å². The summed E-state index contributed by atoms with van der Waals surface area (Å²) in [5, 5.41) is 13.4. The Morgan fingerprint density at radius 3 is 2.58 bits per heavy atom. The van der Waals surface area contributed by atoms with Gasteiger partial charge in [-0.25, -0.2) is 4.98 Å². The zero-order valence-electron chi connectivity index (χ0n) is 14.0. The monoisotopic (exact) mass is 374 g/mol. The largest absolute Gasteiger partial charge is 0.378 e. The van der Waals surface area contributed by atoms with E-state index in [0.717, 1.165) is 23.8 Å². The van der Waals surface area contributed by atoms with E-state index in [1.54, 1.807) is 18.3 Å². The van der Waals surface area contributed by atoms with Gasteiger partial charge in [0.15, 0.2) is 0 Å². The van der Waals surface area contributed by atoms with Gasteiger partial charge in [0.1, 0.15) is 5.82 Å². The molecule has 0 unspecified atom stereocenters. The Bertz CT molecular complexity index is 761. The predicted molar refractivity (Wildman–Crippen MR) is 99.7 cm³/mol. The summed E-state index contributed by atoms with van der Waals surface area (Å²) in [6.45, 7) is 3.01. The summed E-state index contributed by atoms with van der Waals surface area (Å²) < 4.78 is 5.32. The van der Waals surface area contributed by atoms with Crippen molar-refractivity contribution < 1.29 is 14.5 Å². The SMILES string of the molecule is O=C(CSc1ccc([N+](=O)[O-])cc1)Nc1ccc(N2CCOCC2)nc1. The number of hydrogen-bond acceptors (Lipinski definition) is 7. The van der Waals surface area contributed by atoms with Crippen LogP contribution in [0.2, 0.25) is 0 Å². The molecule has 1 N–H and O–H groups in total. The van der Waals surface area contributed by atoms with Crippen LogP contribution in [0, 0.1) is 10.1 Å². The number of hydrogen-bond donors (Lipinski definition) is 1. The second-order valence-electron chi connectivity index (χ2n) is 5.59. The van der Waals surface area contributed by atoms with E-state index in [9.17, 15) is 14.9 Å². The molecular formula is C17H18N4O4S. The number of nitrogens with zero attached hydrogens (tertiary/aromatic N) is 3. The Hall–Kier alpha value is -2.65. The molecule has 1 aromatic carbocycles. The molecule has 0 aliphatic carbocycles. The quantitative estimate of drug-likeness (QED) is 0.471. The van der Waals surface area contributed by atoms with Gasteiger partial charge in [-0.15, -0.1) is 11.8 Å². The molecule has 136 valence electrons. The van der Waals surface area contributed by atoms with Crippen LogP contribution in [0.25, 0.3) is 0 Å². The number of carbonyl (C=O) groups is 1. The molecule has 1 aromatic heterocycles. The second-order valence-corrected chi connectivity index (χ2v) is 6.64. The van der Waals surface area contributed by atoms with Crippen molar-refractivity contribution in [1.29, 1.82) is 0 Å². The van der Waals surface area contributed by atoms with E-state index in [2.05, 4.69) is 15.2 Å². The molecule has 3 rings (SSSR count). The Morgan fingerprint density at radius 1 is 1.23 bits per heavy atom. The zero-order chi connectivity index (χ0) is 18.4. The van der Waals surface area contributed by atoms with E-state index >= 15 is 0 Å². The summed E-state index contributed by atoms with van der Waals surface area (Å²) in [5.41, 5.74) is 0.668. The molecule has 0 bridgehead atoms. The fraction of sp³-hybridized carbons (Fsp3) is 0.294. The first-order valence-electron chi connectivity index (χ1n) is 8.08. The van der Waals surface area contributed by atoms with Crippen molar-refractivity contribution >= 4 is 34.9 Å². The van der Waals surface area contributed by atoms with Gasteiger partial charge in [0.05, 0.1) is 35.8 Å². The van der Waals surface area contributed by atoms with Crippen molar-refractivity contribution in [3.8, 4) is 0 Å². The molecule has 8 nitrogen and oxygen atoms in total. The third kappa shape index (κ3) is 4.93. The minimum absolute atomic E-state index is 0.0326. The van der Waals surface area contributed by atoms with E-state index in [1.807, 2.05) is 12.1 Å². The van der Waals surface area contributed by atoms with Crippen LogP contribution in [0.15, 0.2) is 47.5 Å². The van der Waals surface area contributed by atoms with Crippen LogP contribution < -0.4 is 10.2 Å². The number of ether oxygens (including phenoxy) is 1. The highest BCUT2D eigenvalue weighted by Gasteiger charge is 2.12. The molecule has 2 heterocycles. The Morgan fingerprint density at radius 2 is 1.96 bits per heavy atom. The first-order chi connectivity index (χ1) is 12.6. The Labute approximate surface area is 154 Å². The van der Waals surface area contributed by atoms with E-state index in [-0.39, 0.29) is 17.3 Å². The van der Waals surface area contributed by atoms with Crippen molar-refractivity contribution in [2.45, 2.75) is 4.90 Å². The number of thioether (sulfide) groups is 1. The fourth-order valence-electron chi connectivity index (χ4n) is 2.45. The van der Waals surface area contributed by atoms with Gasteiger partial charge in [0, 0.05) is 30.1 Å². The minimum atomic E-state index is -0.450. The summed E-state index contributed by atoms with van der Waals surface area (Å²) in [7, 11) is 0. The fourth-order valence-corrected chi connectivity index (χ4v) is 3.15. The van der Waals surface area contributed by atoms with Gasteiger partial charge >= 0.3 is 0 Å². The van der Waals surface area contributed by atoms with Crippen LogP contribution in [0.4, 0.5) is 17.2 Å². The van der Waals surface area contributed by atoms with Crippen LogP contribution >= 0.6 is 11.8 Å². The summed E-state index contributed by atoms with van der Waals surface area (Å²) in [6, 6.07) is 9.82. The number of aromatic nitrogens is 1. The first-order valence-corrected chi connectivity index (χ1v) is 9.06. The molecule has 1 aliphatic rings. The standard InChI is InChI=1S/C17H18N4O4S/c22-17(12-26-15-4-2-14(3-5-15)21(23)24)19-13-1-6-16(18-11-13)20-7-9-25-10-8-20/h1-6,11H,7-10,12H2,(H,19,22). The summed E-state index contributed by atoms with van der Waals surface area (Å²) in [4.78, 5) is 29.6. The second kappa shape index (κ2) is 8.63. The number of rotatable bonds is 6. The number of anilines is 2. The maximum atomic E-state index is 12.1. The summed E-state index contributed by atoms with van der Waals surface area (Å²) >= 11 is 1.32. The van der Waals surface area contributed by atoms with E-state index in [1.165, 1.54) is 23.9 Å². The summed E-state index contributed by atoms with van der Waals surface area (Å²) in [5.74, 6) is 0.920. The molecule has 0 saturated carbocycles. The van der Waals surface area contributed by atoms with Gasteiger partial charge in [0.2, 0.25) is 5.91 Å². The molecule has 2 aromatic rings. The van der Waals surface area contributed by atoms with Crippen molar-refractivity contribution in [2.24, 2.45) is 0 Å². The van der Waals surface area contributed by atoms with Gasteiger partial charge in [-0.3, -0.25) is 14.9 Å². The number of carbonyl (C=O) groups excluding carboxylic acids is 1. The molecule has 0 atom stereocenters.